The molecule has 0 amide bonds. The van der Waals surface area contributed by atoms with Gasteiger partial charge in [0.1, 0.15) is 0 Å². The molecule has 84 valence electrons. The molecule has 2 aromatic carbocycles. The van der Waals surface area contributed by atoms with Crippen molar-refractivity contribution in [1.82, 2.24) is 0 Å². The standard InChI is InChI=1S/C15H12BrN/c1-2-12-9-14(16)6-7-15(12)13-5-3-4-11(8-13)10-17/h3-9H,2H2,1H3. The van der Waals surface area contributed by atoms with Crippen molar-refractivity contribution in [1.29, 1.82) is 5.26 Å². The number of aryl methyl sites for hydroxylation is 1. The predicted octanol–water partition coefficient (Wildman–Crippen LogP) is 4.55. The third-order valence-corrected chi connectivity index (χ3v) is 3.24. The molecule has 0 saturated carbocycles. The van der Waals surface area contributed by atoms with Crippen LogP contribution in [-0.2, 0) is 6.42 Å². The van der Waals surface area contributed by atoms with Gasteiger partial charge < -0.3 is 0 Å². The average molecular weight is 286 g/mol. The van der Waals surface area contributed by atoms with E-state index < -0.39 is 0 Å². The smallest absolute Gasteiger partial charge is 0.0991 e. The largest absolute Gasteiger partial charge is 0.192 e. The molecule has 0 aliphatic rings. The van der Waals surface area contributed by atoms with Gasteiger partial charge in [0.15, 0.2) is 0 Å². The van der Waals surface area contributed by atoms with Crippen LogP contribution >= 0.6 is 15.9 Å². The van der Waals surface area contributed by atoms with Crippen LogP contribution in [0.4, 0.5) is 0 Å². The van der Waals surface area contributed by atoms with Crippen molar-refractivity contribution in [2.45, 2.75) is 13.3 Å². The van der Waals surface area contributed by atoms with E-state index in [0.717, 1.165) is 16.5 Å². The van der Waals surface area contributed by atoms with Crippen molar-refractivity contribution in [2.75, 3.05) is 0 Å². The molecule has 0 aliphatic heterocycles. The van der Waals surface area contributed by atoms with Crippen LogP contribution in [0.25, 0.3) is 11.1 Å². The van der Waals surface area contributed by atoms with E-state index in [1.165, 1.54) is 11.1 Å². The van der Waals surface area contributed by atoms with Crippen LogP contribution in [0.2, 0.25) is 0 Å². The molecule has 2 aromatic rings. The lowest BCUT2D eigenvalue weighted by Gasteiger charge is -2.09. The summed E-state index contributed by atoms with van der Waals surface area (Å²) in [4.78, 5) is 0. The van der Waals surface area contributed by atoms with Crippen LogP contribution in [-0.4, -0.2) is 0 Å². The molecule has 0 atom stereocenters. The maximum Gasteiger partial charge on any atom is 0.0991 e. The van der Waals surface area contributed by atoms with Crippen molar-refractivity contribution in [3.63, 3.8) is 0 Å². The molecular formula is C15H12BrN. The van der Waals surface area contributed by atoms with E-state index in [4.69, 9.17) is 5.26 Å². The molecule has 0 saturated heterocycles. The molecule has 0 bridgehead atoms. The molecular weight excluding hydrogens is 274 g/mol. The fourth-order valence-electron chi connectivity index (χ4n) is 1.89. The summed E-state index contributed by atoms with van der Waals surface area (Å²) in [6.07, 6.45) is 0.978. The lowest BCUT2D eigenvalue weighted by molar-refractivity contribution is 1.14. The van der Waals surface area contributed by atoms with Gasteiger partial charge in [0.25, 0.3) is 0 Å². The van der Waals surface area contributed by atoms with Crippen LogP contribution in [0.5, 0.6) is 0 Å². The number of nitriles is 1. The van der Waals surface area contributed by atoms with Gasteiger partial charge in [-0.2, -0.15) is 5.26 Å². The first-order chi connectivity index (χ1) is 8.24. The number of hydrogen-bond acceptors (Lipinski definition) is 1. The lowest BCUT2D eigenvalue weighted by atomic mass is 9.97. The molecule has 0 aromatic heterocycles. The Morgan fingerprint density at radius 3 is 2.71 bits per heavy atom. The van der Waals surface area contributed by atoms with E-state index in [1.54, 1.807) is 0 Å². The van der Waals surface area contributed by atoms with Crippen molar-refractivity contribution < 1.29 is 0 Å². The van der Waals surface area contributed by atoms with Crippen molar-refractivity contribution >= 4 is 15.9 Å². The highest BCUT2D eigenvalue weighted by molar-refractivity contribution is 9.10. The van der Waals surface area contributed by atoms with Gasteiger partial charge >= 0.3 is 0 Å². The first kappa shape index (κ1) is 11.9. The quantitative estimate of drug-likeness (QED) is 0.794. The third-order valence-electron chi connectivity index (χ3n) is 2.75. The molecule has 0 heterocycles. The summed E-state index contributed by atoms with van der Waals surface area (Å²) in [5.41, 5.74) is 4.29. The normalized spacial score (nSPS) is 9.94. The first-order valence-electron chi connectivity index (χ1n) is 5.53. The van der Waals surface area contributed by atoms with Crippen molar-refractivity contribution in [3.8, 4) is 17.2 Å². The highest BCUT2D eigenvalue weighted by Crippen LogP contribution is 2.27. The number of halogens is 1. The van der Waals surface area contributed by atoms with Gasteiger partial charge in [-0.25, -0.2) is 0 Å². The molecule has 2 heteroatoms. The van der Waals surface area contributed by atoms with Gasteiger partial charge in [-0.3, -0.25) is 0 Å². The molecule has 0 N–H and O–H groups in total. The van der Waals surface area contributed by atoms with E-state index in [1.807, 2.05) is 30.3 Å². The van der Waals surface area contributed by atoms with Crippen molar-refractivity contribution in [3.05, 3.63) is 58.1 Å². The topological polar surface area (TPSA) is 23.8 Å². The Balaban J connectivity index is 2.56. The second kappa shape index (κ2) is 5.16. The predicted molar refractivity (Wildman–Crippen MR) is 73.7 cm³/mol. The summed E-state index contributed by atoms with van der Waals surface area (Å²) in [6.45, 7) is 2.14. The zero-order valence-corrected chi connectivity index (χ0v) is 11.2. The molecule has 1 nitrogen and oxygen atoms in total. The fourth-order valence-corrected chi connectivity index (χ4v) is 2.30. The van der Waals surface area contributed by atoms with E-state index >= 15 is 0 Å². The highest BCUT2D eigenvalue weighted by atomic mass is 79.9. The molecule has 17 heavy (non-hydrogen) atoms. The Morgan fingerprint density at radius 1 is 1.18 bits per heavy atom. The monoisotopic (exact) mass is 285 g/mol. The zero-order valence-electron chi connectivity index (χ0n) is 9.57. The minimum atomic E-state index is 0.701. The Morgan fingerprint density at radius 2 is 2.00 bits per heavy atom. The molecule has 0 spiro atoms. The summed E-state index contributed by atoms with van der Waals surface area (Å²) in [5, 5.41) is 8.92. The van der Waals surface area contributed by atoms with Gasteiger partial charge in [0, 0.05) is 4.47 Å². The molecule has 0 radical (unpaired) electrons. The van der Waals surface area contributed by atoms with Gasteiger partial charge in [-0.15, -0.1) is 0 Å². The Bertz CT molecular complexity index is 582. The summed E-state index contributed by atoms with van der Waals surface area (Å²) >= 11 is 3.49. The minimum Gasteiger partial charge on any atom is -0.192 e. The van der Waals surface area contributed by atoms with Crippen LogP contribution in [0, 0.1) is 11.3 Å². The molecule has 0 fully saturated rings. The van der Waals surface area contributed by atoms with E-state index in [-0.39, 0.29) is 0 Å². The average Bonchev–Trinajstić information content (AvgIpc) is 2.38. The van der Waals surface area contributed by atoms with E-state index in [2.05, 4.69) is 41.1 Å². The molecule has 0 unspecified atom stereocenters. The number of benzene rings is 2. The zero-order chi connectivity index (χ0) is 12.3. The minimum absolute atomic E-state index is 0.701. The number of rotatable bonds is 2. The van der Waals surface area contributed by atoms with Gasteiger partial charge in [0.05, 0.1) is 11.6 Å². The number of nitrogens with zero attached hydrogens (tertiary/aromatic N) is 1. The lowest BCUT2D eigenvalue weighted by Crippen LogP contribution is -1.88. The SMILES string of the molecule is CCc1cc(Br)ccc1-c1cccc(C#N)c1. The van der Waals surface area contributed by atoms with Crippen molar-refractivity contribution in [2.24, 2.45) is 0 Å². The number of hydrogen-bond donors (Lipinski definition) is 0. The highest BCUT2D eigenvalue weighted by Gasteiger charge is 2.05. The Labute approximate surface area is 110 Å². The Hall–Kier alpha value is -1.59. The Kier molecular flexibility index (Phi) is 3.61. The van der Waals surface area contributed by atoms with Gasteiger partial charge in [-0.1, -0.05) is 41.1 Å². The maximum absolute atomic E-state index is 8.92. The summed E-state index contributed by atoms with van der Waals surface area (Å²) in [7, 11) is 0. The summed E-state index contributed by atoms with van der Waals surface area (Å²) in [6, 6.07) is 16.2. The first-order valence-corrected chi connectivity index (χ1v) is 6.33. The van der Waals surface area contributed by atoms with Crippen LogP contribution in [0.15, 0.2) is 46.9 Å². The summed E-state index contributed by atoms with van der Waals surface area (Å²) < 4.78 is 1.09. The fraction of sp³-hybridized carbons (Fsp3) is 0.133. The van der Waals surface area contributed by atoms with Crippen LogP contribution in [0.1, 0.15) is 18.1 Å². The van der Waals surface area contributed by atoms with Gasteiger partial charge in [-0.05, 0) is 47.4 Å². The maximum atomic E-state index is 8.92. The second-order valence-corrected chi connectivity index (χ2v) is 4.76. The molecule has 2 rings (SSSR count). The third kappa shape index (κ3) is 2.57. The van der Waals surface area contributed by atoms with Gasteiger partial charge in [0.2, 0.25) is 0 Å². The molecule has 0 aliphatic carbocycles. The second-order valence-electron chi connectivity index (χ2n) is 3.85. The van der Waals surface area contributed by atoms with E-state index in [9.17, 15) is 0 Å². The summed E-state index contributed by atoms with van der Waals surface area (Å²) in [5.74, 6) is 0. The van der Waals surface area contributed by atoms with Crippen LogP contribution in [0.3, 0.4) is 0 Å². The van der Waals surface area contributed by atoms with Crippen LogP contribution < -0.4 is 0 Å². The van der Waals surface area contributed by atoms with E-state index in [0.29, 0.717) is 5.56 Å².